The van der Waals surface area contributed by atoms with Crippen molar-refractivity contribution in [1.82, 2.24) is 9.97 Å². The lowest BCUT2D eigenvalue weighted by Crippen LogP contribution is -2.06. The zero-order valence-corrected chi connectivity index (χ0v) is 12.9. The molecular formula is C17H22FN3. The standard InChI is InChI=1S/C17H22FN3/c1-4-7-16-20-15(11-17(21-16)19-10-5-2)13-8-6-9-14(18)12(13)3/h6,8-9,11H,4-5,7,10H2,1-3H3,(H,19,20,21). The summed E-state index contributed by atoms with van der Waals surface area (Å²) in [5, 5.41) is 3.29. The number of nitrogens with one attached hydrogen (secondary N) is 1. The van der Waals surface area contributed by atoms with Crippen molar-refractivity contribution in [3.63, 3.8) is 0 Å². The Kier molecular flexibility index (Phi) is 5.26. The number of benzene rings is 1. The molecule has 3 nitrogen and oxygen atoms in total. The van der Waals surface area contributed by atoms with Crippen molar-refractivity contribution >= 4 is 5.82 Å². The molecule has 1 aromatic carbocycles. The smallest absolute Gasteiger partial charge is 0.131 e. The van der Waals surface area contributed by atoms with Gasteiger partial charge in [0.05, 0.1) is 5.69 Å². The molecule has 2 aromatic rings. The molecule has 0 saturated heterocycles. The van der Waals surface area contributed by atoms with Crippen LogP contribution in [-0.2, 0) is 6.42 Å². The first-order valence-electron chi connectivity index (χ1n) is 7.53. The number of nitrogens with zero attached hydrogens (tertiary/aromatic N) is 2. The van der Waals surface area contributed by atoms with Gasteiger partial charge in [0.1, 0.15) is 17.5 Å². The van der Waals surface area contributed by atoms with Gasteiger partial charge in [-0.25, -0.2) is 14.4 Å². The van der Waals surface area contributed by atoms with E-state index >= 15 is 0 Å². The maximum atomic E-state index is 13.8. The second-order valence-electron chi connectivity index (χ2n) is 5.14. The van der Waals surface area contributed by atoms with Gasteiger partial charge in [0.15, 0.2) is 0 Å². The van der Waals surface area contributed by atoms with Crippen LogP contribution >= 0.6 is 0 Å². The van der Waals surface area contributed by atoms with Crippen molar-refractivity contribution < 1.29 is 4.39 Å². The third-order valence-corrected chi connectivity index (χ3v) is 3.35. The van der Waals surface area contributed by atoms with Crippen LogP contribution in [0.3, 0.4) is 0 Å². The van der Waals surface area contributed by atoms with E-state index in [1.54, 1.807) is 13.0 Å². The van der Waals surface area contributed by atoms with Crippen molar-refractivity contribution in [1.29, 1.82) is 0 Å². The van der Waals surface area contributed by atoms with Crippen LogP contribution in [0.4, 0.5) is 10.2 Å². The third-order valence-electron chi connectivity index (χ3n) is 3.35. The Balaban J connectivity index is 2.45. The zero-order valence-electron chi connectivity index (χ0n) is 12.9. The Morgan fingerprint density at radius 2 is 1.95 bits per heavy atom. The number of anilines is 1. The lowest BCUT2D eigenvalue weighted by molar-refractivity contribution is 0.619. The molecule has 0 aliphatic rings. The first-order valence-corrected chi connectivity index (χ1v) is 7.53. The fourth-order valence-corrected chi connectivity index (χ4v) is 2.20. The summed E-state index contributed by atoms with van der Waals surface area (Å²) in [7, 11) is 0. The molecular weight excluding hydrogens is 265 g/mol. The summed E-state index contributed by atoms with van der Waals surface area (Å²) in [4.78, 5) is 9.11. The van der Waals surface area contributed by atoms with Crippen molar-refractivity contribution in [2.24, 2.45) is 0 Å². The second-order valence-corrected chi connectivity index (χ2v) is 5.14. The van der Waals surface area contributed by atoms with Crippen LogP contribution in [0, 0.1) is 12.7 Å². The summed E-state index contributed by atoms with van der Waals surface area (Å²) in [5.41, 5.74) is 2.23. The molecule has 112 valence electrons. The van der Waals surface area contributed by atoms with Gasteiger partial charge in [-0.1, -0.05) is 26.0 Å². The minimum Gasteiger partial charge on any atom is -0.370 e. The predicted octanol–water partition coefficient (Wildman–Crippen LogP) is 4.37. The average molecular weight is 287 g/mol. The Hall–Kier alpha value is -1.97. The second kappa shape index (κ2) is 7.16. The monoisotopic (exact) mass is 287 g/mol. The van der Waals surface area contributed by atoms with Gasteiger partial charge in [-0.2, -0.15) is 0 Å². The van der Waals surface area contributed by atoms with Crippen LogP contribution in [-0.4, -0.2) is 16.5 Å². The van der Waals surface area contributed by atoms with Crippen molar-refractivity contribution in [3.8, 4) is 11.3 Å². The van der Waals surface area contributed by atoms with Gasteiger partial charge in [-0.3, -0.25) is 0 Å². The van der Waals surface area contributed by atoms with Gasteiger partial charge in [0.25, 0.3) is 0 Å². The fraction of sp³-hybridized carbons (Fsp3) is 0.412. The van der Waals surface area contributed by atoms with E-state index < -0.39 is 0 Å². The predicted molar refractivity (Wildman–Crippen MR) is 84.9 cm³/mol. The quantitative estimate of drug-likeness (QED) is 0.857. The number of aryl methyl sites for hydroxylation is 1. The summed E-state index contributed by atoms with van der Waals surface area (Å²) >= 11 is 0. The van der Waals surface area contributed by atoms with Crippen LogP contribution in [0.25, 0.3) is 11.3 Å². The number of hydrogen-bond donors (Lipinski definition) is 1. The molecule has 0 unspecified atom stereocenters. The van der Waals surface area contributed by atoms with Crippen molar-refractivity contribution in [2.45, 2.75) is 40.0 Å². The van der Waals surface area contributed by atoms with Gasteiger partial charge in [-0.05, 0) is 31.4 Å². The molecule has 0 aliphatic carbocycles. The Morgan fingerprint density at radius 3 is 2.67 bits per heavy atom. The minimum absolute atomic E-state index is 0.203. The van der Waals surface area contributed by atoms with Crippen LogP contribution < -0.4 is 5.32 Å². The Morgan fingerprint density at radius 1 is 1.14 bits per heavy atom. The van der Waals surface area contributed by atoms with Crippen molar-refractivity contribution in [2.75, 3.05) is 11.9 Å². The van der Waals surface area contributed by atoms with E-state index in [2.05, 4.69) is 29.1 Å². The lowest BCUT2D eigenvalue weighted by Gasteiger charge is -2.11. The van der Waals surface area contributed by atoms with Gasteiger partial charge < -0.3 is 5.32 Å². The highest BCUT2D eigenvalue weighted by Gasteiger charge is 2.10. The fourth-order valence-electron chi connectivity index (χ4n) is 2.20. The molecule has 0 atom stereocenters. The number of rotatable bonds is 6. The van der Waals surface area contributed by atoms with Crippen LogP contribution in [0.5, 0.6) is 0 Å². The van der Waals surface area contributed by atoms with E-state index in [1.807, 2.05) is 12.1 Å². The third kappa shape index (κ3) is 3.78. The summed E-state index contributed by atoms with van der Waals surface area (Å²) in [6.45, 7) is 6.86. The van der Waals surface area contributed by atoms with Crippen LogP contribution in [0.2, 0.25) is 0 Å². The highest BCUT2D eigenvalue weighted by Crippen LogP contribution is 2.25. The van der Waals surface area contributed by atoms with Crippen LogP contribution in [0.15, 0.2) is 24.3 Å². The minimum atomic E-state index is -0.203. The molecule has 0 saturated carbocycles. The number of halogens is 1. The first-order chi connectivity index (χ1) is 10.2. The zero-order chi connectivity index (χ0) is 15.2. The maximum absolute atomic E-state index is 13.8. The largest absolute Gasteiger partial charge is 0.370 e. The Bertz CT molecular complexity index is 611. The van der Waals surface area contributed by atoms with E-state index in [1.165, 1.54) is 6.07 Å². The Labute approximate surface area is 125 Å². The molecule has 0 radical (unpaired) electrons. The van der Waals surface area contributed by atoms with E-state index in [0.717, 1.165) is 48.7 Å². The highest BCUT2D eigenvalue weighted by molar-refractivity contribution is 5.66. The van der Waals surface area contributed by atoms with Gasteiger partial charge >= 0.3 is 0 Å². The van der Waals surface area contributed by atoms with Gasteiger partial charge in [0.2, 0.25) is 0 Å². The summed E-state index contributed by atoms with van der Waals surface area (Å²) < 4.78 is 13.8. The number of hydrogen-bond acceptors (Lipinski definition) is 3. The average Bonchev–Trinajstić information content (AvgIpc) is 2.48. The maximum Gasteiger partial charge on any atom is 0.131 e. The molecule has 1 N–H and O–H groups in total. The molecule has 1 heterocycles. The van der Waals surface area contributed by atoms with E-state index in [0.29, 0.717) is 5.56 Å². The van der Waals surface area contributed by atoms with E-state index in [9.17, 15) is 4.39 Å². The molecule has 2 rings (SSSR count). The highest BCUT2D eigenvalue weighted by atomic mass is 19.1. The first kappa shape index (κ1) is 15.4. The molecule has 0 spiro atoms. The van der Waals surface area contributed by atoms with E-state index in [4.69, 9.17) is 0 Å². The molecule has 0 bridgehead atoms. The van der Waals surface area contributed by atoms with E-state index in [-0.39, 0.29) is 5.82 Å². The SMILES string of the molecule is CCCNc1cc(-c2cccc(F)c2C)nc(CCC)n1. The summed E-state index contributed by atoms with van der Waals surface area (Å²) in [6, 6.07) is 7.00. The normalized spacial score (nSPS) is 10.7. The molecule has 1 aromatic heterocycles. The van der Waals surface area contributed by atoms with Gasteiger partial charge in [-0.15, -0.1) is 0 Å². The lowest BCUT2D eigenvalue weighted by atomic mass is 10.0. The summed E-state index contributed by atoms with van der Waals surface area (Å²) in [5.74, 6) is 1.41. The number of aromatic nitrogens is 2. The molecule has 21 heavy (non-hydrogen) atoms. The molecule has 4 heteroatoms. The van der Waals surface area contributed by atoms with Crippen LogP contribution in [0.1, 0.15) is 38.1 Å². The molecule has 0 amide bonds. The van der Waals surface area contributed by atoms with Crippen molar-refractivity contribution in [3.05, 3.63) is 41.5 Å². The molecule has 0 aliphatic heterocycles. The summed E-state index contributed by atoms with van der Waals surface area (Å²) in [6.07, 6.45) is 2.84. The topological polar surface area (TPSA) is 37.8 Å². The van der Waals surface area contributed by atoms with Gasteiger partial charge in [0, 0.05) is 24.6 Å². The molecule has 0 fully saturated rings.